The summed E-state index contributed by atoms with van der Waals surface area (Å²) in [4.78, 5) is 16.5. The number of fused-ring (bicyclic) bond motifs is 1. The number of hydrogen-bond acceptors (Lipinski definition) is 5. The standard InChI is InChI=1S/C16H12N4O2/c1-22-16-3-2-13(14-9-12(10-17)19-20(14)16)15(21)8-11-4-6-18-7-5-11/h2-7,9H,8H2,1H3. The van der Waals surface area contributed by atoms with Crippen molar-refractivity contribution in [1.29, 1.82) is 5.26 Å². The van der Waals surface area contributed by atoms with Gasteiger partial charge < -0.3 is 4.74 Å². The fourth-order valence-electron chi connectivity index (χ4n) is 2.28. The number of nitriles is 1. The van der Waals surface area contributed by atoms with Gasteiger partial charge in [0.1, 0.15) is 6.07 Å². The van der Waals surface area contributed by atoms with Gasteiger partial charge in [-0.15, -0.1) is 0 Å². The second-order valence-corrected chi connectivity index (χ2v) is 4.68. The number of methoxy groups -OCH3 is 1. The van der Waals surface area contributed by atoms with Gasteiger partial charge in [-0.05, 0) is 23.8 Å². The Balaban J connectivity index is 2.05. The van der Waals surface area contributed by atoms with Crippen LogP contribution in [0.25, 0.3) is 5.52 Å². The van der Waals surface area contributed by atoms with Crippen LogP contribution in [0, 0.1) is 11.3 Å². The largest absolute Gasteiger partial charge is 0.481 e. The first-order chi connectivity index (χ1) is 10.7. The molecule has 0 spiro atoms. The Bertz CT molecular complexity index is 878. The maximum absolute atomic E-state index is 12.5. The van der Waals surface area contributed by atoms with Crippen molar-refractivity contribution < 1.29 is 9.53 Å². The smallest absolute Gasteiger partial charge is 0.214 e. The van der Waals surface area contributed by atoms with Crippen molar-refractivity contribution in [3.05, 3.63) is 59.5 Å². The molecule has 6 heteroatoms. The van der Waals surface area contributed by atoms with Gasteiger partial charge in [-0.2, -0.15) is 14.9 Å². The third-order valence-electron chi connectivity index (χ3n) is 3.32. The Hall–Kier alpha value is -3.20. The molecule has 3 aromatic heterocycles. The molecule has 3 rings (SSSR count). The van der Waals surface area contributed by atoms with E-state index in [1.807, 2.05) is 6.07 Å². The van der Waals surface area contributed by atoms with E-state index in [1.54, 1.807) is 42.7 Å². The number of aromatic nitrogens is 3. The first-order valence-corrected chi connectivity index (χ1v) is 6.62. The van der Waals surface area contributed by atoms with Crippen molar-refractivity contribution in [1.82, 2.24) is 14.6 Å². The zero-order valence-electron chi connectivity index (χ0n) is 11.9. The van der Waals surface area contributed by atoms with E-state index in [0.29, 0.717) is 17.0 Å². The Kier molecular flexibility index (Phi) is 3.54. The van der Waals surface area contributed by atoms with Crippen LogP contribution in [0.5, 0.6) is 5.88 Å². The number of pyridine rings is 2. The molecule has 108 valence electrons. The molecule has 0 N–H and O–H groups in total. The van der Waals surface area contributed by atoms with E-state index in [1.165, 1.54) is 11.6 Å². The predicted molar refractivity (Wildman–Crippen MR) is 78.7 cm³/mol. The molecule has 0 aliphatic carbocycles. The zero-order valence-corrected chi connectivity index (χ0v) is 11.9. The molecule has 0 radical (unpaired) electrons. The Morgan fingerprint density at radius 3 is 2.77 bits per heavy atom. The summed E-state index contributed by atoms with van der Waals surface area (Å²) in [6.07, 6.45) is 3.56. The highest BCUT2D eigenvalue weighted by Gasteiger charge is 2.16. The van der Waals surface area contributed by atoms with E-state index in [9.17, 15) is 4.79 Å². The van der Waals surface area contributed by atoms with E-state index in [-0.39, 0.29) is 17.9 Å². The SMILES string of the molecule is COc1ccc(C(=O)Cc2ccncc2)c2cc(C#N)nn12. The summed E-state index contributed by atoms with van der Waals surface area (Å²) < 4.78 is 6.68. The van der Waals surface area contributed by atoms with Gasteiger partial charge >= 0.3 is 0 Å². The molecule has 0 bridgehead atoms. The molecule has 0 atom stereocenters. The van der Waals surface area contributed by atoms with Gasteiger partial charge in [0, 0.05) is 36.5 Å². The van der Waals surface area contributed by atoms with Crippen LogP contribution in [0.15, 0.2) is 42.7 Å². The molecule has 0 fully saturated rings. The van der Waals surface area contributed by atoms with Gasteiger partial charge in [0.15, 0.2) is 11.5 Å². The highest BCUT2D eigenvalue weighted by atomic mass is 16.5. The van der Waals surface area contributed by atoms with Crippen LogP contribution < -0.4 is 4.74 Å². The van der Waals surface area contributed by atoms with Crippen LogP contribution in [-0.4, -0.2) is 27.5 Å². The van der Waals surface area contributed by atoms with E-state index < -0.39 is 0 Å². The highest BCUT2D eigenvalue weighted by molar-refractivity contribution is 6.03. The van der Waals surface area contributed by atoms with Crippen molar-refractivity contribution in [2.75, 3.05) is 7.11 Å². The lowest BCUT2D eigenvalue weighted by molar-refractivity contribution is 0.0994. The zero-order chi connectivity index (χ0) is 15.5. The van der Waals surface area contributed by atoms with Crippen LogP contribution >= 0.6 is 0 Å². The Morgan fingerprint density at radius 2 is 2.09 bits per heavy atom. The summed E-state index contributed by atoms with van der Waals surface area (Å²) in [7, 11) is 1.51. The number of Topliss-reactive ketones (excluding diaryl/α,β-unsaturated/α-hetero) is 1. The summed E-state index contributed by atoms with van der Waals surface area (Å²) in [6, 6.07) is 10.5. The molecule has 6 nitrogen and oxygen atoms in total. The summed E-state index contributed by atoms with van der Waals surface area (Å²) in [5.41, 5.74) is 2.19. The first-order valence-electron chi connectivity index (χ1n) is 6.62. The van der Waals surface area contributed by atoms with Crippen LogP contribution in [-0.2, 0) is 6.42 Å². The van der Waals surface area contributed by atoms with Crippen LogP contribution in [0.3, 0.4) is 0 Å². The molecule has 0 aromatic carbocycles. The number of ketones is 1. The summed E-state index contributed by atoms with van der Waals surface area (Å²) >= 11 is 0. The number of carbonyl (C=O) groups is 1. The van der Waals surface area contributed by atoms with E-state index in [0.717, 1.165) is 5.56 Å². The van der Waals surface area contributed by atoms with Gasteiger partial charge in [-0.3, -0.25) is 9.78 Å². The summed E-state index contributed by atoms with van der Waals surface area (Å²) in [6.45, 7) is 0. The van der Waals surface area contributed by atoms with Gasteiger partial charge in [0.05, 0.1) is 12.6 Å². The lowest BCUT2D eigenvalue weighted by Gasteiger charge is -2.07. The fraction of sp³-hybridized carbons (Fsp3) is 0.125. The van der Waals surface area contributed by atoms with Crippen molar-refractivity contribution in [2.24, 2.45) is 0 Å². The maximum Gasteiger partial charge on any atom is 0.214 e. The van der Waals surface area contributed by atoms with Crippen LogP contribution in [0.2, 0.25) is 0 Å². The number of carbonyl (C=O) groups excluding carboxylic acids is 1. The van der Waals surface area contributed by atoms with E-state index >= 15 is 0 Å². The molecular formula is C16H12N4O2. The molecule has 22 heavy (non-hydrogen) atoms. The van der Waals surface area contributed by atoms with E-state index in [2.05, 4.69) is 10.1 Å². The van der Waals surface area contributed by atoms with Crippen molar-refractivity contribution >= 4 is 11.3 Å². The van der Waals surface area contributed by atoms with Crippen molar-refractivity contribution in [2.45, 2.75) is 6.42 Å². The minimum atomic E-state index is -0.0526. The third-order valence-corrected chi connectivity index (χ3v) is 3.32. The second kappa shape index (κ2) is 5.66. The monoisotopic (exact) mass is 292 g/mol. The third kappa shape index (κ3) is 2.40. The lowest BCUT2D eigenvalue weighted by Crippen LogP contribution is -2.07. The minimum Gasteiger partial charge on any atom is -0.481 e. The topological polar surface area (TPSA) is 80.3 Å². The van der Waals surface area contributed by atoms with Gasteiger partial charge in [-0.1, -0.05) is 0 Å². The van der Waals surface area contributed by atoms with Crippen LogP contribution in [0.4, 0.5) is 0 Å². The Labute approximate surface area is 126 Å². The van der Waals surface area contributed by atoms with Crippen LogP contribution in [0.1, 0.15) is 21.6 Å². The Morgan fingerprint density at radius 1 is 1.32 bits per heavy atom. The van der Waals surface area contributed by atoms with Crippen molar-refractivity contribution in [3.63, 3.8) is 0 Å². The number of nitrogens with zero attached hydrogens (tertiary/aromatic N) is 4. The molecule has 0 saturated heterocycles. The molecule has 0 saturated carbocycles. The van der Waals surface area contributed by atoms with Gasteiger partial charge in [0.25, 0.3) is 0 Å². The number of ether oxygens (including phenoxy) is 1. The van der Waals surface area contributed by atoms with Gasteiger partial charge in [0.2, 0.25) is 5.88 Å². The fourth-order valence-corrected chi connectivity index (χ4v) is 2.28. The molecule has 0 aliphatic heterocycles. The summed E-state index contributed by atoms with van der Waals surface area (Å²) in [5, 5.41) is 13.1. The van der Waals surface area contributed by atoms with Crippen molar-refractivity contribution in [3.8, 4) is 11.9 Å². The first kappa shape index (κ1) is 13.8. The molecule has 3 aromatic rings. The molecule has 0 amide bonds. The molecular weight excluding hydrogens is 280 g/mol. The van der Waals surface area contributed by atoms with Gasteiger partial charge in [-0.25, -0.2) is 0 Å². The minimum absolute atomic E-state index is 0.0526. The second-order valence-electron chi connectivity index (χ2n) is 4.68. The molecule has 3 heterocycles. The predicted octanol–water partition coefficient (Wildman–Crippen LogP) is 2.03. The quantitative estimate of drug-likeness (QED) is 0.687. The number of hydrogen-bond donors (Lipinski definition) is 0. The average molecular weight is 292 g/mol. The number of rotatable bonds is 4. The lowest BCUT2D eigenvalue weighted by atomic mass is 10.0. The normalized spacial score (nSPS) is 10.4. The maximum atomic E-state index is 12.5. The highest BCUT2D eigenvalue weighted by Crippen LogP contribution is 2.21. The average Bonchev–Trinajstić information content (AvgIpc) is 2.99. The molecule has 0 unspecified atom stereocenters. The summed E-state index contributed by atoms with van der Waals surface area (Å²) in [5.74, 6) is 0.417. The van der Waals surface area contributed by atoms with E-state index in [4.69, 9.17) is 10.00 Å². The molecule has 0 aliphatic rings.